The summed E-state index contributed by atoms with van der Waals surface area (Å²) in [6, 6.07) is 5.54. The molecule has 2 aromatic rings. The van der Waals surface area contributed by atoms with Crippen molar-refractivity contribution in [3.8, 4) is 11.4 Å². The van der Waals surface area contributed by atoms with Crippen molar-refractivity contribution in [2.24, 2.45) is 0 Å². The number of nitrogens with one attached hydrogen (secondary N) is 1. The summed E-state index contributed by atoms with van der Waals surface area (Å²) in [7, 11) is 0. The predicted octanol–water partition coefficient (Wildman–Crippen LogP) is 3.84. The van der Waals surface area contributed by atoms with E-state index in [9.17, 15) is 4.39 Å². The van der Waals surface area contributed by atoms with Crippen molar-refractivity contribution < 1.29 is 4.39 Å². The second-order valence-corrected chi connectivity index (χ2v) is 5.30. The highest BCUT2D eigenvalue weighted by Gasteiger charge is 2.28. The van der Waals surface area contributed by atoms with E-state index in [4.69, 9.17) is 12.2 Å². The second-order valence-electron chi connectivity index (χ2n) is 4.05. The molecule has 1 fully saturated rings. The lowest BCUT2D eigenvalue weighted by Gasteiger charge is -2.06. The molecular formula is C11H9BrFN3S. The van der Waals surface area contributed by atoms with Crippen LogP contribution in [-0.2, 0) is 0 Å². The summed E-state index contributed by atoms with van der Waals surface area (Å²) in [5.41, 5.74) is 0.471. The number of aromatic nitrogens is 3. The third-order valence-corrected chi connectivity index (χ3v) is 3.71. The van der Waals surface area contributed by atoms with E-state index >= 15 is 0 Å². The van der Waals surface area contributed by atoms with Crippen molar-refractivity contribution in [2.75, 3.05) is 0 Å². The summed E-state index contributed by atoms with van der Waals surface area (Å²) in [5.74, 6) is 0.278. The van der Waals surface area contributed by atoms with Gasteiger partial charge in [0.05, 0.1) is 10.0 Å². The zero-order valence-corrected chi connectivity index (χ0v) is 11.2. The van der Waals surface area contributed by atoms with Crippen LogP contribution in [0, 0.1) is 10.6 Å². The molecule has 1 saturated carbocycles. The van der Waals surface area contributed by atoms with Crippen molar-refractivity contribution in [3.63, 3.8) is 0 Å². The fourth-order valence-electron chi connectivity index (χ4n) is 1.84. The number of aromatic amines is 1. The molecule has 6 heteroatoms. The van der Waals surface area contributed by atoms with E-state index in [1.54, 1.807) is 18.2 Å². The van der Waals surface area contributed by atoms with Crippen molar-refractivity contribution in [2.45, 2.75) is 18.9 Å². The van der Waals surface area contributed by atoms with E-state index in [-0.39, 0.29) is 5.82 Å². The first kappa shape index (κ1) is 11.1. The molecule has 1 aromatic carbocycles. The Hall–Kier alpha value is -1.01. The molecule has 1 aromatic heterocycles. The predicted molar refractivity (Wildman–Crippen MR) is 68.8 cm³/mol. The van der Waals surface area contributed by atoms with Crippen LogP contribution in [-0.4, -0.2) is 14.8 Å². The first-order valence-corrected chi connectivity index (χ1v) is 6.50. The summed E-state index contributed by atoms with van der Waals surface area (Å²) in [6.07, 6.45) is 2.16. The number of H-pyrrole nitrogens is 1. The number of hydrogen-bond donors (Lipinski definition) is 1. The number of rotatable bonds is 2. The summed E-state index contributed by atoms with van der Waals surface area (Å²) in [4.78, 5) is 0. The molecular weight excluding hydrogens is 305 g/mol. The minimum absolute atomic E-state index is 0.302. The maximum atomic E-state index is 14.0. The SMILES string of the molecule is Fc1c(Br)cccc1-c1n[nH]c(=S)n1C1CC1. The van der Waals surface area contributed by atoms with Gasteiger partial charge in [-0.2, -0.15) is 5.10 Å². The van der Waals surface area contributed by atoms with Gasteiger partial charge in [-0.1, -0.05) is 6.07 Å². The Bertz CT molecular complexity index is 630. The van der Waals surface area contributed by atoms with E-state index in [1.807, 2.05) is 4.57 Å². The van der Waals surface area contributed by atoms with Crippen LogP contribution in [0.1, 0.15) is 18.9 Å². The summed E-state index contributed by atoms with van der Waals surface area (Å²) >= 11 is 8.36. The average Bonchev–Trinajstić information content (AvgIpc) is 3.07. The van der Waals surface area contributed by atoms with E-state index < -0.39 is 0 Å². The zero-order valence-electron chi connectivity index (χ0n) is 8.78. The van der Waals surface area contributed by atoms with Crippen molar-refractivity contribution in [3.05, 3.63) is 33.3 Å². The first-order chi connectivity index (χ1) is 8.18. The molecule has 1 aliphatic carbocycles. The quantitative estimate of drug-likeness (QED) is 0.854. The molecule has 0 atom stereocenters. The second kappa shape index (κ2) is 4.03. The maximum absolute atomic E-state index is 14.0. The standard InChI is InChI=1S/C11H9BrFN3S/c12-8-3-1-2-7(9(8)13)10-14-15-11(17)16(10)6-4-5-6/h1-3,6H,4-5H2,(H,15,17). The Morgan fingerprint density at radius 3 is 2.94 bits per heavy atom. The highest BCUT2D eigenvalue weighted by atomic mass is 79.9. The summed E-state index contributed by atoms with van der Waals surface area (Å²) in [5, 5.41) is 6.87. The van der Waals surface area contributed by atoms with Gasteiger partial charge in [0.2, 0.25) is 0 Å². The van der Waals surface area contributed by atoms with Crippen LogP contribution in [0.25, 0.3) is 11.4 Å². The van der Waals surface area contributed by atoms with E-state index in [0.29, 0.717) is 26.7 Å². The Morgan fingerprint density at radius 1 is 1.47 bits per heavy atom. The normalized spacial score (nSPS) is 15.2. The third kappa shape index (κ3) is 1.85. The Morgan fingerprint density at radius 2 is 2.24 bits per heavy atom. The average molecular weight is 314 g/mol. The Kier molecular flexibility index (Phi) is 2.63. The van der Waals surface area contributed by atoms with Crippen molar-refractivity contribution >= 4 is 28.1 Å². The third-order valence-electron chi connectivity index (χ3n) is 2.81. The largest absolute Gasteiger partial charge is 0.297 e. The molecule has 0 unspecified atom stereocenters. The van der Waals surface area contributed by atoms with Gasteiger partial charge in [0.15, 0.2) is 10.6 Å². The topological polar surface area (TPSA) is 33.6 Å². The molecule has 1 heterocycles. The van der Waals surface area contributed by atoms with Gasteiger partial charge in [-0.15, -0.1) is 0 Å². The molecule has 3 nitrogen and oxygen atoms in total. The fraction of sp³-hybridized carbons (Fsp3) is 0.273. The van der Waals surface area contributed by atoms with Crippen LogP contribution in [0.3, 0.4) is 0 Å². The van der Waals surface area contributed by atoms with Crippen LogP contribution in [0.15, 0.2) is 22.7 Å². The van der Waals surface area contributed by atoms with Gasteiger partial charge in [-0.05, 0) is 53.1 Å². The molecule has 0 bridgehead atoms. The molecule has 1 aliphatic rings. The molecule has 0 spiro atoms. The van der Waals surface area contributed by atoms with Crippen molar-refractivity contribution in [1.29, 1.82) is 0 Å². The Labute approximate surface area is 111 Å². The van der Waals surface area contributed by atoms with Crippen molar-refractivity contribution in [1.82, 2.24) is 14.8 Å². The van der Waals surface area contributed by atoms with Gasteiger partial charge in [0.25, 0.3) is 0 Å². The highest BCUT2D eigenvalue weighted by Crippen LogP contribution is 2.39. The minimum Gasteiger partial charge on any atom is -0.297 e. The number of hydrogen-bond acceptors (Lipinski definition) is 2. The molecule has 17 heavy (non-hydrogen) atoms. The molecule has 1 N–H and O–H groups in total. The summed E-state index contributed by atoms with van der Waals surface area (Å²) < 4.78 is 16.9. The molecule has 0 radical (unpaired) electrons. The molecule has 0 saturated heterocycles. The lowest BCUT2D eigenvalue weighted by Crippen LogP contribution is -1.99. The van der Waals surface area contributed by atoms with E-state index in [1.165, 1.54) is 0 Å². The van der Waals surface area contributed by atoms with E-state index in [2.05, 4.69) is 26.1 Å². The monoisotopic (exact) mass is 313 g/mol. The van der Waals surface area contributed by atoms with Gasteiger partial charge < -0.3 is 0 Å². The lowest BCUT2D eigenvalue weighted by molar-refractivity contribution is 0.620. The number of benzene rings is 1. The maximum Gasteiger partial charge on any atom is 0.195 e. The first-order valence-electron chi connectivity index (χ1n) is 5.30. The van der Waals surface area contributed by atoms with Crippen LogP contribution in [0.2, 0.25) is 0 Å². The molecule has 0 amide bonds. The lowest BCUT2D eigenvalue weighted by atomic mass is 10.2. The van der Waals surface area contributed by atoms with Crippen LogP contribution in [0.5, 0.6) is 0 Å². The minimum atomic E-state index is -0.302. The van der Waals surface area contributed by atoms with Crippen LogP contribution >= 0.6 is 28.1 Å². The molecule has 88 valence electrons. The number of nitrogens with zero attached hydrogens (tertiary/aromatic N) is 2. The smallest absolute Gasteiger partial charge is 0.195 e. The van der Waals surface area contributed by atoms with Gasteiger partial charge in [0, 0.05) is 6.04 Å². The summed E-state index contributed by atoms with van der Waals surface area (Å²) in [6.45, 7) is 0. The molecule has 0 aliphatic heterocycles. The van der Waals surface area contributed by atoms with Gasteiger partial charge in [-0.25, -0.2) is 4.39 Å². The highest BCUT2D eigenvalue weighted by molar-refractivity contribution is 9.10. The molecule has 3 rings (SSSR count). The van der Waals surface area contributed by atoms with Gasteiger partial charge in [0.1, 0.15) is 5.82 Å². The van der Waals surface area contributed by atoms with Gasteiger partial charge in [-0.3, -0.25) is 9.67 Å². The van der Waals surface area contributed by atoms with E-state index in [0.717, 1.165) is 12.8 Å². The number of halogens is 2. The van der Waals surface area contributed by atoms with Crippen LogP contribution < -0.4 is 0 Å². The fourth-order valence-corrected chi connectivity index (χ4v) is 2.49. The van der Waals surface area contributed by atoms with Gasteiger partial charge >= 0.3 is 0 Å². The van der Waals surface area contributed by atoms with Crippen LogP contribution in [0.4, 0.5) is 4.39 Å². The zero-order chi connectivity index (χ0) is 12.0. The Balaban J connectivity index is 2.21.